The fourth-order valence-corrected chi connectivity index (χ4v) is 5.73. The Morgan fingerprint density at radius 2 is 1.93 bits per heavy atom. The molecule has 0 aliphatic heterocycles. The zero-order valence-electron chi connectivity index (χ0n) is 15.9. The maximum absolute atomic E-state index is 13.0. The van der Waals surface area contributed by atoms with Gasteiger partial charge >= 0.3 is 6.03 Å². The number of nitrogens with one attached hydrogen (secondary N) is 2. The van der Waals surface area contributed by atoms with Crippen LogP contribution in [0, 0.1) is 24.7 Å². The largest absolute Gasteiger partial charge is 0.360 e. The first-order valence-electron chi connectivity index (χ1n) is 9.86. The molecule has 0 radical (unpaired) electrons. The smallest absolute Gasteiger partial charge is 0.318 e. The molecule has 1 heterocycles. The average molecular weight is 372 g/mol. The van der Waals surface area contributed by atoms with Crippen LogP contribution in [0.2, 0.25) is 0 Å². The van der Waals surface area contributed by atoms with Crippen LogP contribution in [0.1, 0.15) is 44.3 Å². The molecule has 4 saturated carbocycles. The minimum Gasteiger partial charge on any atom is -0.360 e. The van der Waals surface area contributed by atoms with Crippen LogP contribution in [-0.4, -0.2) is 40.6 Å². The molecule has 0 spiro atoms. The predicted octanol–water partition coefficient (Wildman–Crippen LogP) is 3.09. The highest BCUT2D eigenvalue weighted by molar-refractivity contribution is 5.93. The van der Waals surface area contributed by atoms with E-state index in [2.05, 4.69) is 22.4 Å². The number of hydrogen-bond donors (Lipinski definition) is 2. The quantitative estimate of drug-likeness (QED) is 0.751. The number of aromatic nitrogens is 1. The lowest BCUT2D eigenvalue weighted by Gasteiger charge is -2.57. The summed E-state index contributed by atoms with van der Waals surface area (Å²) in [6.07, 6.45) is 8.86. The first-order chi connectivity index (χ1) is 12.9. The number of carbonyl (C=O) groups excluding carboxylic acids is 2. The molecule has 5 rings (SSSR count). The maximum Gasteiger partial charge on any atom is 0.318 e. The van der Waals surface area contributed by atoms with Gasteiger partial charge in [-0.15, -0.1) is 6.58 Å². The van der Waals surface area contributed by atoms with Crippen molar-refractivity contribution in [1.82, 2.24) is 15.4 Å². The zero-order valence-corrected chi connectivity index (χ0v) is 15.9. The van der Waals surface area contributed by atoms with Gasteiger partial charge in [0.2, 0.25) is 5.91 Å². The summed E-state index contributed by atoms with van der Waals surface area (Å²) in [6.45, 7) is 5.76. The second-order valence-corrected chi connectivity index (χ2v) is 8.67. The van der Waals surface area contributed by atoms with E-state index in [1.165, 1.54) is 24.2 Å². The summed E-state index contributed by atoms with van der Waals surface area (Å²) in [7, 11) is 0. The molecule has 0 unspecified atom stereocenters. The molecule has 7 nitrogen and oxygen atoms in total. The Hall–Kier alpha value is -2.31. The van der Waals surface area contributed by atoms with E-state index in [1.54, 1.807) is 19.1 Å². The Morgan fingerprint density at radius 1 is 1.30 bits per heavy atom. The van der Waals surface area contributed by atoms with E-state index in [1.807, 2.05) is 0 Å². The summed E-state index contributed by atoms with van der Waals surface area (Å²) < 4.78 is 4.95. The van der Waals surface area contributed by atoms with Gasteiger partial charge in [-0.05, 0) is 63.2 Å². The van der Waals surface area contributed by atoms with Gasteiger partial charge in [0, 0.05) is 18.2 Å². The molecule has 3 amide bonds. The van der Waals surface area contributed by atoms with Gasteiger partial charge in [0.25, 0.3) is 0 Å². The molecule has 146 valence electrons. The Balaban J connectivity index is 1.38. The Bertz CT molecular complexity index is 706. The predicted molar refractivity (Wildman–Crippen MR) is 101 cm³/mol. The second kappa shape index (κ2) is 7.02. The van der Waals surface area contributed by atoms with Crippen molar-refractivity contribution in [3.8, 4) is 0 Å². The summed E-state index contributed by atoms with van der Waals surface area (Å²) in [6, 6.07) is 1.47. The molecule has 4 aliphatic carbocycles. The summed E-state index contributed by atoms with van der Waals surface area (Å²) in [5.41, 5.74) is -0.0784. The summed E-state index contributed by atoms with van der Waals surface area (Å²) in [5.74, 6) is 2.94. The van der Waals surface area contributed by atoms with Gasteiger partial charge in [-0.2, -0.15) is 0 Å². The molecule has 0 aromatic carbocycles. The van der Waals surface area contributed by atoms with Crippen LogP contribution in [-0.2, 0) is 4.79 Å². The van der Waals surface area contributed by atoms with Crippen molar-refractivity contribution in [3.63, 3.8) is 0 Å². The van der Waals surface area contributed by atoms with Gasteiger partial charge in [-0.3, -0.25) is 4.79 Å². The molecule has 27 heavy (non-hydrogen) atoms. The van der Waals surface area contributed by atoms with E-state index in [0.29, 0.717) is 18.1 Å². The molecule has 4 fully saturated rings. The van der Waals surface area contributed by atoms with E-state index in [-0.39, 0.29) is 24.0 Å². The first-order valence-corrected chi connectivity index (χ1v) is 9.86. The van der Waals surface area contributed by atoms with E-state index >= 15 is 0 Å². The lowest BCUT2D eigenvalue weighted by Crippen LogP contribution is -2.62. The number of anilines is 1. The van der Waals surface area contributed by atoms with Crippen molar-refractivity contribution in [3.05, 3.63) is 24.5 Å². The molecule has 1 aromatic rings. The number of hydrogen-bond acceptors (Lipinski definition) is 4. The van der Waals surface area contributed by atoms with E-state index in [9.17, 15) is 9.59 Å². The lowest BCUT2D eigenvalue weighted by molar-refractivity contribution is -0.116. The summed E-state index contributed by atoms with van der Waals surface area (Å²) >= 11 is 0. The van der Waals surface area contributed by atoms with Crippen LogP contribution in [0.25, 0.3) is 0 Å². The van der Waals surface area contributed by atoms with Crippen molar-refractivity contribution in [1.29, 1.82) is 0 Å². The van der Waals surface area contributed by atoms with Gasteiger partial charge in [0.05, 0.1) is 0 Å². The van der Waals surface area contributed by atoms with Gasteiger partial charge in [0.15, 0.2) is 5.82 Å². The van der Waals surface area contributed by atoms with Crippen LogP contribution in [0.4, 0.5) is 10.6 Å². The maximum atomic E-state index is 13.0. The molecule has 2 N–H and O–H groups in total. The van der Waals surface area contributed by atoms with Crippen LogP contribution >= 0.6 is 0 Å². The highest BCUT2D eigenvalue weighted by Gasteiger charge is 2.51. The molecule has 4 bridgehead atoms. The van der Waals surface area contributed by atoms with Crippen LogP contribution in [0.5, 0.6) is 0 Å². The Labute approximate surface area is 159 Å². The first kappa shape index (κ1) is 18.1. The van der Waals surface area contributed by atoms with E-state index in [0.717, 1.165) is 37.0 Å². The third-order valence-corrected chi connectivity index (χ3v) is 6.28. The molecule has 0 saturated heterocycles. The molecule has 7 heteroatoms. The van der Waals surface area contributed by atoms with Gasteiger partial charge in [0.1, 0.15) is 12.3 Å². The second-order valence-electron chi connectivity index (χ2n) is 8.67. The number of urea groups is 1. The lowest BCUT2D eigenvalue weighted by atomic mass is 9.53. The van der Waals surface area contributed by atoms with Gasteiger partial charge < -0.3 is 20.1 Å². The van der Waals surface area contributed by atoms with Crippen molar-refractivity contribution < 1.29 is 14.1 Å². The third kappa shape index (κ3) is 3.87. The number of carbonyl (C=O) groups is 2. The van der Waals surface area contributed by atoms with Crippen LogP contribution in [0.3, 0.4) is 0 Å². The number of aryl methyl sites for hydroxylation is 1. The normalized spacial score (nSPS) is 30.8. The molecule has 0 atom stereocenters. The topological polar surface area (TPSA) is 87.5 Å². The number of amides is 3. The minimum atomic E-state index is -0.300. The van der Waals surface area contributed by atoms with Crippen molar-refractivity contribution >= 4 is 17.8 Å². The van der Waals surface area contributed by atoms with Gasteiger partial charge in [-0.25, -0.2) is 4.79 Å². The SMILES string of the molecule is C=CCN(CC(=O)Nc1cc(C)on1)C(=O)NC12CC3CC(CC(C3)C1)C2. The fourth-order valence-electron chi connectivity index (χ4n) is 5.73. The highest BCUT2D eigenvalue weighted by Crippen LogP contribution is 2.55. The van der Waals surface area contributed by atoms with Crippen molar-refractivity contribution in [2.24, 2.45) is 17.8 Å². The van der Waals surface area contributed by atoms with Crippen LogP contribution in [0.15, 0.2) is 23.2 Å². The highest BCUT2D eigenvalue weighted by atomic mass is 16.5. The standard InChI is InChI=1S/C20H28N4O3/c1-3-4-24(12-18(25)21-17-5-13(2)27-23-17)19(26)22-20-9-14-6-15(10-20)8-16(7-14)11-20/h3,5,14-16H,1,4,6-12H2,2H3,(H,22,26)(H,21,23,25). The van der Waals surface area contributed by atoms with Crippen molar-refractivity contribution in [2.75, 3.05) is 18.4 Å². The summed E-state index contributed by atoms with van der Waals surface area (Å²) in [5, 5.41) is 9.73. The number of rotatable bonds is 6. The van der Waals surface area contributed by atoms with E-state index in [4.69, 9.17) is 4.52 Å². The van der Waals surface area contributed by atoms with E-state index < -0.39 is 0 Å². The zero-order chi connectivity index (χ0) is 19.0. The third-order valence-electron chi connectivity index (χ3n) is 6.28. The summed E-state index contributed by atoms with van der Waals surface area (Å²) in [4.78, 5) is 26.8. The fraction of sp³-hybridized carbons (Fsp3) is 0.650. The molecular formula is C20H28N4O3. The molecule has 4 aliphatic rings. The minimum absolute atomic E-state index is 0.0455. The van der Waals surface area contributed by atoms with Crippen molar-refractivity contribution in [2.45, 2.75) is 51.0 Å². The number of nitrogens with zero attached hydrogens (tertiary/aromatic N) is 2. The van der Waals surface area contributed by atoms with Crippen LogP contribution < -0.4 is 10.6 Å². The Morgan fingerprint density at radius 3 is 2.44 bits per heavy atom. The molecule has 1 aromatic heterocycles. The monoisotopic (exact) mass is 372 g/mol. The molecular weight excluding hydrogens is 344 g/mol. The average Bonchev–Trinajstić information content (AvgIpc) is 2.97. The Kier molecular flexibility index (Phi) is 4.70. The van der Waals surface area contributed by atoms with Gasteiger partial charge in [-0.1, -0.05) is 11.2 Å².